The van der Waals surface area contributed by atoms with E-state index in [2.05, 4.69) is 19.1 Å². The quantitative estimate of drug-likeness (QED) is 0.694. The largest absolute Gasteiger partial charge is 0.429 e. The lowest BCUT2D eigenvalue weighted by Gasteiger charge is -2.28. The Hall–Kier alpha value is -1.31. The second-order valence-electron chi connectivity index (χ2n) is 5.64. The second-order valence-corrected chi connectivity index (χ2v) is 5.64. The van der Waals surface area contributed by atoms with E-state index in [0.29, 0.717) is 18.1 Å². The monoisotopic (exact) mass is 260 g/mol. The van der Waals surface area contributed by atoms with Crippen molar-refractivity contribution in [3.63, 3.8) is 0 Å². The molecule has 0 radical (unpaired) electrons. The highest BCUT2D eigenvalue weighted by atomic mass is 16.5. The number of unbranched alkanes of at least 4 members (excludes halogenated alkanes) is 1. The number of hydrogen-bond acceptors (Lipinski definition) is 2. The van der Waals surface area contributed by atoms with Crippen LogP contribution >= 0.6 is 0 Å². The number of ether oxygens (including phenoxy) is 1. The first-order valence-corrected chi connectivity index (χ1v) is 7.53. The van der Waals surface area contributed by atoms with Crippen molar-refractivity contribution in [3.05, 3.63) is 29.8 Å². The van der Waals surface area contributed by atoms with Crippen LogP contribution in [0.25, 0.3) is 0 Å². The molecular formula is C17H24O2. The van der Waals surface area contributed by atoms with Crippen molar-refractivity contribution >= 4 is 6.47 Å². The van der Waals surface area contributed by atoms with E-state index in [-0.39, 0.29) is 0 Å². The summed E-state index contributed by atoms with van der Waals surface area (Å²) in [5.41, 5.74) is 1.40. The average Bonchev–Trinajstić information content (AvgIpc) is 2.47. The zero-order valence-electron chi connectivity index (χ0n) is 11.8. The molecule has 2 heteroatoms. The van der Waals surface area contributed by atoms with Gasteiger partial charge in [-0.25, -0.2) is 0 Å². The molecule has 0 aliphatic heterocycles. The summed E-state index contributed by atoms with van der Waals surface area (Å²) < 4.78 is 4.83. The van der Waals surface area contributed by atoms with Crippen LogP contribution in [0.1, 0.15) is 63.4 Å². The molecule has 2 rings (SSSR count). The van der Waals surface area contributed by atoms with Crippen LogP contribution in [0.2, 0.25) is 0 Å². The van der Waals surface area contributed by atoms with Crippen molar-refractivity contribution in [2.75, 3.05) is 0 Å². The maximum atomic E-state index is 10.3. The van der Waals surface area contributed by atoms with Gasteiger partial charge in [-0.2, -0.15) is 0 Å². The number of benzene rings is 1. The molecule has 1 aromatic carbocycles. The summed E-state index contributed by atoms with van der Waals surface area (Å²) in [7, 11) is 0. The SMILES string of the molecule is CCCCC1CCC(c2ccc(OC=O)cc2)CC1. The van der Waals surface area contributed by atoms with E-state index in [1.54, 1.807) is 0 Å². The topological polar surface area (TPSA) is 26.3 Å². The Morgan fingerprint density at radius 2 is 1.84 bits per heavy atom. The molecule has 0 bridgehead atoms. The van der Waals surface area contributed by atoms with Crippen molar-refractivity contribution in [2.24, 2.45) is 5.92 Å². The fraction of sp³-hybridized carbons (Fsp3) is 0.588. The Morgan fingerprint density at radius 3 is 2.42 bits per heavy atom. The first-order valence-electron chi connectivity index (χ1n) is 7.53. The van der Waals surface area contributed by atoms with Gasteiger partial charge in [0.25, 0.3) is 6.47 Å². The van der Waals surface area contributed by atoms with Gasteiger partial charge in [-0.05, 0) is 55.2 Å². The maximum Gasteiger partial charge on any atom is 0.298 e. The molecule has 0 amide bonds. The number of hydrogen-bond donors (Lipinski definition) is 0. The van der Waals surface area contributed by atoms with E-state index in [9.17, 15) is 4.79 Å². The summed E-state index contributed by atoms with van der Waals surface area (Å²) in [6.45, 7) is 2.75. The highest BCUT2D eigenvalue weighted by molar-refractivity contribution is 5.45. The molecule has 1 aliphatic rings. The maximum absolute atomic E-state index is 10.3. The molecular weight excluding hydrogens is 236 g/mol. The van der Waals surface area contributed by atoms with Gasteiger partial charge < -0.3 is 4.74 Å². The highest BCUT2D eigenvalue weighted by Gasteiger charge is 2.21. The Balaban J connectivity index is 1.85. The lowest BCUT2D eigenvalue weighted by molar-refractivity contribution is -0.120. The third-order valence-corrected chi connectivity index (χ3v) is 4.35. The lowest BCUT2D eigenvalue weighted by atomic mass is 9.77. The van der Waals surface area contributed by atoms with Gasteiger partial charge in [0.05, 0.1) is 0 Å². The first kappa shape index (κ1) is 14.1. The molecule has 0 unspecified atom stereocenters. The van der Waals surface area contributed by atoms with E-state index in [1.807, 2.05) is 12.1 Å². The van der Waals surface area contributed by atoms with Gasteiger partial charge in [0.15, 0.2) is 0 Å². The van der Waals surface area contributed by atoms with Crippen molar-refractivity contribution in [2.45, 2.75) is 57.8 Å². The van der Waals surface area contributed by atoms with Gasteiger partial charge in [-0.15, -0.1) is 0 Å². The summed E-state index contributed by atoms with van der Waals surface area (Å²) in [6.07, 6.45) is 9.47. The standard InChI is InChI=1S/C17H24O2/c1-2-3-4-14-5-7-15(8-6-14)16-9-11-17(12-10-16)19-13-18/h9-15H,2-8H2,1H3. The lowest BCUT2D eigenvalue weighted by Crippen LogP contribution is -2.13. The minimum atomic E-state index is 0.480. The van der Waals surface area contributed by atoms with Crippen molar-refractivity contribution in [1.29, 1.82) is 0 Å². The fourth-order valence-corrected chi connectivity index (χ4v) is 3.15. The van der Waals surface area contributed by atoms with Gasteiger partial charge in [0, 0.05) is 0 Å². The Bertz CT molecular complexity index is 375. The first-order chi connectivity index (χ1) is 9.33. The zero-order valence-corrected chi connectivity index (χ0v) is 11.8. The molecule has 0 heterocycles. The molecule has 1 aliphatic carbocycles. The van der Waals surface area contributed by atoms with Gasteiger partial charge in [0.1, 0.15) is 5.75 Å². The number of carbonyl (C=O) groups excluding carboxylic acids is 1. The van der Waals surface area contributed by atoms with E-state index in [0.717, 1.165) is 5.92 Å². The van der Waals surface area contributed by atoms with Crippen molar-refractivity contribution in [3.8, 4) is 5.75 Å². The molecule has 0 saturated heterocycles. The van der Waals surface area contributed by atoms with Gasteiger partial charge in [-0.3, -0.25) is 4.79 Å². The van der Waals surface area contributed by atoms with E-state index in [4.69, 9.17) is 4.74 Å². The molecule has 1 fully saturated rings. The smallest absolute Gasteiger partial charge is 0.298 e. The summed E-state index contributed by atoms with van der Waals surface area (Å²) in [5, 5.41) is 0. The van der Waals surface area contributed by atoms with Crippen LogP contribution in [0.3, 0.4) is 0 Å². The van der Waals surface area contributed by atoms with Crippen LogP contribution < -0.4 is 4.74 Å². The van der Waals surface area contributed by atoms with Gasteiger partial charge in [-0.1, -0.05) is 38.3 Å². The Morgan fingerprint density at radius 1 is 1.16 bits per heavy atom. The van der Waals surface area contributed by atoms with Gasteiger partial charge >= 0.3 is 0 Å². The van der Waals surface area contributed by atoms with E-state index >= 15 is 0 Å². The molecule has 0 atom stereocenters. The van der Waals surface area contributed by atoms with E-state index < -0.39 is 0 Å². The molecule has 0 aromatic heterocycles. The molecule has 1 saturated carbocycles. The van der Waals surface area contributed by atoms with Crippen LogP contribution in [0, 0.1) is 5.92 Å². The third-order valence-electron chi connectivity index (χ3n) is 4.35. The normalized spacial score (nSPS) is 23.0. The highest BCUT2D eigenvalue weighted by Crippen LogP contribution is 2.37. The number of rotatable bonds is 6. The molecule has 1 aromatic rings. The van der Waals surface area contributed by atoms with Crippen LogP contribution in [0.4, 0.5) is 0 Å². The summed E-state index contributed by atoms with van der Waals surface area (Å²) >= 11 is 0. The Kier molecular flexibility index (Phi) is 5.44. The second kappa shape index (κ2) is 7.32. The fourth-order valence-electron chi connectivity index (χ4n) is 3.15. The summed E-state index contributed by atoms with van der Waals surface area (Å²) in [5.74, 6) is 2.28. The third kappa shape index (κ3) is 4.09. The Labute approximate surface area is 116 Å². The molecule has 104 valence electrons. The molecule has 2 nitrogen and oxygen atoms in total. The van der Waals surface area contributed by atoms with Crippen molar-refractivity contribution in [1.82, 2.24) is 0 Å². The molecule has 19 heavy (non-hydrogen) atoms. The number of carbonyl (C=O) groups is 1. The zero-order chi connectivity index (χ0) is 13.5. The van der Waals surface area contributed by atoms with Crippen LogP contribution in [0.5, 0.6) is 5.75 Å². The van der Waals surface area contributed by atoms with Crippen molar-refractivity contribution < 1.29 is 9.53 Å². The predicted molar refractivity (Wildman–Crippen MR) is 77.4 cm³/mol. The summed E-state index contributed by atoms with van der Waals surface area (Å²) in [6, 6.07) is 8.01. The average molecular weight is 260 g/mol. The van der Waals surface area contributed by atoms with Crippen LogP contribution in [-0.2, 0) is 4.79 Å². The molecule has 0 N–H and O–H groups in total. The minimum Gasteiger partial charge on any atom is -0.429 e. The predicted octanol–water partition coefficient (Wildman–Crippen LogP) is 4.69. The van der Waals surface area contributed by atoms with Crippen LogP contribution in [-0.4, -0.2) is 6.47 Å². The minimum absolute atomic E-state index is 0.480. The molecule has 0 spiro atoms. The van der Waals surface area contributed by atoms with Gasteiger partial charge in [0.2, 0.25) is 0 Å². The van der Waals surface area contributed by atoms with E-state index in [1.165, 1.54) is 50.5 Å². The van der Waals surface area contributed by atoms with Crippen LogP contribution in [0.15, 0.2) is 24.3 Å². The summed E-state index contributed by atoms with van der Waals surface area (Å²) in [4.78, 5) is 10.3.